The zero-order valence-corrected chi connectivity index (χ0v) is 9.03. The van der Waals surface area contributed by atoms with E-state index in [1.807, 2.05) is 0 Å². The van der Waals surface area contributed by atoms with Gasteiger partial charge in [-0.2, -0.15) is 0 Å². The van der Waals surface area contributed by atoms with Gasteiger partial charge in [0.1, 0.15) is 0 Å². The fourth-order valence-electron chi connectivity index (χ4n) is 2.19. The van der Waals surface area contributed by atoms with Gasteiger partial charge in [-0.05, 0) is 22.3 Å². The van der Waals surface area contributed by atoms with Crippen LogP contribution in [0.4, 0.5) is 0 Å². The summed E-state index contributed by atoms with van der Waals surface area (Å²) in [5.41, 5.74) is 11.8. The molecule has 2 N–H and O–H groups in total. The molecule has 0 saturated heterocycles. The molecule has 1 aliphatic rings. The van der Waals surface area contributed by atoms with Gasteiger partial charge in [-0.3, -0.25) is 10.9 Å². The Morgan fingerprint density at radius 2 is 1.06 bits per heavy atom. The Kier molecular flexibility index (Phi) is 2.44. The fraction of sp³-hybridized carbons (Fsp3) is 0.143. The first kappa shape index (κ1) is 9.58. The van der Waals surface area contributed by atoms with Crippen LogP contribution in [0.2, 0.25) is 0 Å². The largest absolute Gasteiger partial charge is 0.253 e. The maximum absolute atomic E-state index is 3.23. The van der Waals surface area contributed by atoms with Crippen LogP contribution >= 0.6 is 0 Å². The molecule has 0 aliphatic carbocycles. The Bertz CT molecular complexity index is 458. The number of nitrogens with one attached hydrogen (secondary N) is 2. The summed E-state index contributed by atoms with van der Waals surface area (Å²) in [6.45, 7) is 1.73. The molecule has 0 unspecified atom stereocenters. The van der Waals surface area contributed by atoms with Gasteiger partial charge in [0, 0.05) is 13.1 Å². The van der Waals surface area contributed by atoms with Crippen LogP contribution in [-0.4, -0.2) is 0 Å². The third kappa shape index (κ3) is 1.62. The number of hydrogen-bond donors (Lipinski definition) is 2. The average Bonchev–Trinajstić information content (AvgIpc) is 2.33. The van der Waals surface area contributed by atoms with Crippen LogP contribution in [0.1, 0.15) is 11.1 Å². The molecule has 0 fully saturated rings. The van der Waals surface area contributed by atoms with Crippen molar-refractivity contribution < 1.29 is 0 Å². The maximum atomic E-state index is 3.23. The summed E-state index contributed by atoms with van der Waals surface area (Å²) in [5, 5.41) is 0. The van der Waals surface area contributed by atoms with Gasteiger partial charge in [-0.25, -0.2) is 0 Å². The quantitative estimate of drug-likeness (QED) is 0.698. The van der Waals surface area contributed by atoms with Crippen molar-refractivity contribution in [2.75, 3.05) is 0 Å². The normalized spacial score (nSPS) is 14.5. The van der Waals surface area contributed by atoms with E-state index in [9.17, 15) is 0 Å². The van der Waals surface area contributed by atoms with Crippen LogP contribution in [0.3, 0.4) is 0 Å². The van der Waals surface area contributed by atoms with E-state index < -0.39 is 0 Å². The summed E-state index contributed by atoms with van der Waals surface area (Å²) in [6.07, 6.45) is 0. The van der Waals surface area contributed by atoms with E-state index >= 15 is 0 Å². The molecular weight excluding hydrogens is 196 g/mol. The summed E-state index contributed by atoms with van der Waals surface area (Å²) in [5.74, 6) is 0. The van der Waals surface area contributed by atoms with Crippen LogP contribution in [-0.2, 0) is 13.1 Å². The first-order valence-electron chi connectivity index (χ1n) is 5.57. The lowest BCUT2D eigenvalue weighted by Crippen LogP contribution is -2.32. The van der Waals surface area contributed by atoms with Gasteiger partial charge in [-0.1, -0.05) is 48.5 Å². The Balaban J connectivity index is 2.22. The molecule has 0 atom stereocenters. The molecule has 2 heteroatoms. The number of hydrazine groups is 1. The molecular formula is C14H14N2. The van der Waals surface area contributed by atoms with Crippen LogP contribution in [0.25, 0.3) is 11.1 Å². The first-order valence-corrected chi connectivity index (χ1v) is 5.57. The summed E-state index contributed by atoms with van der Waals surface area (Å²) in [7, 11) is 0. The molecule has 80 valence electrons. The van der Waals surface area contributed by atoms with E-state index in [2.05, 4.69) is 59.4 Å². The molecule has 2 aromatic rings. The highest BCUT2D eigenvalue weighted by Crippen LogP contribution is 2.27. The molecule has 16 heavy (non-hydrogen) atoms. The summed E-state index contributed by atoms with van der Waals surface area (Å²) in [6, 6.07) is 17.1. The van der Waals surface area contributed by atoms with Gasteiger partial charge in [0.2, 0.25) is 0 Å². The second kappa shape index (κ2) is 4.08. The second-order valence-electron chi connectivity index (χ2n) is 4.02. The van der Waals surface area contributed by atoms with Gasteiger partial charge in [0.25, 0.3) is 0 Å². The van der Waals surface area contributed by atoms with Crippen molar-refractivity contribution in [2.24, 2.45) is 0 Å². The lowest BCUT2D eigenvalue weighted by molar-refractivity contribution is 0.527. The molecule has 0 aromatic heterocycles. The van der Waals surface area contributed by atoms with Crippen molar-refractivity contribution in [1.29, 1.82) is 0 Å². The highest BCUT2D eigenvalue weighted by molar-refractivity contribution is 5.70. The number of fused-ring (bicyclic) bond motifs is 3. The van der Waals surface area contributed by atoms with Crippen LogP contribution in [0.5, 0.6) is 0 Å². The van der Waals surface area contributed by atoms with Gasteiger partial charge in [0.05, 0.1) is 0 Å². The molecule has 2 aromatic carbocycles. The van der Waals surface area contributed by atoms with Crippen molar-refractivity contribution in [3.8, 4) is 11.1 Å². The van der Waals surface area contributed by atoms with E-state index in [1.54, 1.807) is 0 Å². The molecule has 0 saturated carbocycles. The molecule has 0 bridgehead atoms. The van der Waals surface area contributed by atoms with Gasteiger partial charge < -0.3 is 0 Å². The molecule has 0 spiro atoms. The number of rotatable bonds is 0. The van der Waals surface area contributed by atoms with Gasteiger partial charge in [0.15, 0.2) is 0 Å². The van der Waals surface area contributed by atoms with Crippen LogP contribution in [0, 0.1) is 0 Å². The standard InChI is InChI=1S/C14H14N2/c1-3-7-13-11(5-1)9-15-16-10-12-6-2-4-8-14(12)13/h1-8,15-16H,9-10H2. The summed E-state index contributed by atoms with van der Waals surface area (Å²) in [4.78, 5) is 0. The van der Waals surface area contributed by atoms with E-state index in [0.717, 1.165) is 13.1 Å². The Labute approximate surface area is 95.3 Å². The molecule has 1 heterocycles. The summed E-state index contributed by atoms with van der Waals surface area (Å²) < 4.78 is 0. The minimum Gasteiger partial charge on any atom is -0.253 e. The van der Waals surface area contributed by atoms with E-state index in [4.69, 9.17) is 0 Å². The van der Waals surface area contributed by atoms with Crippen molar-refractivity contribution in [3.05, 3.63) is 59.7 Å². The third-order valence-electron chi connectivity index (χ3n) is 3.01. The van der Waals surface area contributed by atoms with Crippen molar-refractivity contribution in [1.82, 2.24) is 10.9 Å². The number of hydrogen-bond acceptors (Lipinski definition) is 2. The van der Waals surface area contributed by atoms with Crippen molar-refractivity contribution in [2.45, 2.75) is 13.1 Å². The highest BCUT2D eigenvalue weighted by Gasteiger charge is 2.10. The second-order valence-corrected chi connectivity index (χ2v) is 4.02. The zero-order chi connectivity index (χ0) is 10.8. The summed E-state index contributed by atoms with van der Waals surface area (Å²) >= 11 is 0. The molecule has 3 rings (SSSR count). The van der Waals surface area contributed by atoms with E-state index in [1.165, 1.54) is 22.3 Å². The van der Waals surface area contributed by atoms with Gasteiger partial charge >= 0.3 is 0 Å². The van der Waals surface area contributed by atoms with Crippen LogP contribution in [0.15, 0.2) is 48.5 Å². The minimum atomic E-state index is 0.866. The Morgan fingerprint density at radius 1 is 0.625 bits per heavy atom. The van der Waals surface area contributed by atoms with E-state index in [0.29, 0.717) is 0 Å². The van der Waals surface area contributed by atoms with Crippen molar-refractivity contribution in [3.63, 3.8) is 0 Å². The monoisotopic (exact) mass is 210 g/mol. The maximum Gasteiger partial charge on any atom is 0.0357 e. The van der Waals surface area contributed by atoms with Crippen LogP contribution < -0.4 is 10.9 Å². The lowest BCUT2D eigenvalue weighted by atomic mass is 9.95. The predicted molar refractivity (Wildman–Crippen MR) is 65.6 cm³/mol. The van der Waals surface area contributed by atoms with Crippen molar-refractivity contribution >= 4 is 0 Å². The SMILES string of the molecule is c1ccc2c(c1)CNNCc1ccccc1-2. The predicted octanol–water partition coefficient (Wildman–Crippen LogP) is 2.46. The average molecular weight is 210 g/mol. The highest BCUT2D eigenvalue weighted by atomic mass is 15.3. The first-order chi connectivity index (χ1) is 7.95. The Hall–Kier alpha value is -1.64. The topological polar surface area (TPSA) is 24.1 Å². The Morgan fingerprint density at radius 3 is 1.56 bits per heavy atom. The zero-order valence-electron chi connectivity index (χ0n) is 9.03. The third-order valence-corrected chi connectivity index (χ3v) is 3.01. The lowest BCUT2D eigenvalue weighted by Gasteiger charge is -2.18. The smallest absolute Gasteiger partial charge is 0.0357 e. The molecule has 1 aliphatic heterocycles. The van der Waals surface area contributed by atoms with E-state index in [-0.39, 0.29) is 0 Å². The van der Waals surface area contributed by atoms with Gasteiger partial charge in [-0.15, -0.1) is 0 Å². The molecule has 0 radical (unpaired) electrons. The number of benzene rings is 2. The minimum absolute atomic E-state index is 0.866. The fourth-order valence-corrected chi connectivity index (χ4v) is 2.19. The molecule has 0 amide bonds. The molecule has 2 nitrogen and oxygen atoms in total.